The van der Waals surface area contributed by atoms with E-state index in [2.05, 4.69) is 15.3 Å². The number of aryl methyl sites for hydroxylation is 2. The van der Waals surface area contributed by atoms with E-state index in [0.717, 1.165) is 41.3 Å². The summed E-state index contributed by atoms with van der Waals surface area (Å²) in [7, 11) is 0. The van der Waals surface area contributed by atoms with Gasteiger partial charge in [0.1, 0.15) is 12.4 Å². The van der Waals surface area contributed by atoms with Gasteiger partial charge in [-0.05, 0) is 45.4 Å². The number of rotatable bonds is 3. The SMILES string of the molecule is Cc1nc2ccc(OCC3CCCN3)cc2nc1C. The van der Waals surface area contributed by atoms with Gasteiger partial charge in [-0.25, -0.2) is 9.97 Å². The van der Waals surface area contributed by atoms with Crippen LogP contribution in [0.25, 0.3) is 11.0 Å². The molecule has 3 rings (SSSR count). The predicted octanol–water partition coefficient (Wildman–Crippen LogP) is 2.38. The lowest BCUT2D eigenvalue weighted by molar-refractivity contribution is 0.277. The molecular formula is C15H19N3O. The van der Waals surface area contributed by atoms with Crippen LogP contribution in [0.3, 0.4) is 0 Å². The van der Waals surface area contributed by atoms with Crippen LogP contribution in [0.1, 0.15) is 24.2 Å². The summed E-state index contributed by atoms with van der Waals surface area (Å²) in [5.74, 6) is 0.874. The van der Waals surface area contributed by atoms with Crippen molar-refractivity contribution in [3.63, 3.8) is 0 Å². The molecule has 1 unspecified atom stereocenters. The fourth-order valence-electron chi connectivity index (χ4n) is 2.40. The highest BCUT2D eigenvalue weighted by atomic mass is 16.5. The maximum Gasteiger partial charge on any atom is 0.121 e. The monoisotopic (exact) mass is 257 g/mol. The highest BCUT2D eigenvalue weighted by Gasteiger charge is 2.14. The molecule has 0 radical (unpaired) electrons. The molecule has 2 heterocycles. The Morgan fingerprint density at radius 1 is 1.21 bits per heavy atom. The molecule has 1 atom stereocenters. The number of nitrogens with zero attached hydrogens (tertiary/aromatic N) is 2. The van der Waals surface area contributed by atoms with Crippen LogP contribution < -0.4 is 10.1 Å². The van der Waals surface area contributed by atoms with Gasteiger partial charge in [-0.1, -0.05) is 0 Å². The summed E-state index contributed by atoms with van der Waals surface area (Å²) in [6, 6.07) is 6.41. The zero-order valence-electron chi connectivity index (χ0n) is 11.4. The minimum absolute atomic E-state index is 0.488. The maximum atomic E-state index is 5.84. The highest BCUT2D eigenvalue weighted by molar-refractivity contribution is 5.76. The third kappa shape index (κ3) is 2.68. The Hall–Kier alpha value is -1.68. The van der Waals surface area contributed by atoms with E-state index in [1.165, 1.54) is 12.8 Å². The maximum absolute atomic E-state index is 5.84. The molecule has 0 aliphatic carbocycles. The van der Waals surface area contributed by atoms with Crippen molar-refractivity contribution >= 4 is 11.0 Å². The van der Waals surface area contributed by atoms with Crippen molar-refractivity contribution in [1.82, 2.24) is 15.3 Å². The van der Waals surface area contributed by atoms with Gasteiger partial charge in [-0.2, -0.15) is 0 Å². The molecule has 1 saturated heterocycles. The Morgan fingerprint density at radius 2 is 2.00 bits per heavy atom. The Bertz CT molecular complexity index is 591. The first kappa shape index (κ1) is 12.4. The number of hydrogen-bond donors (Lipinski definition) is 1. The minimum atomic E-state index is 0.488. The lowest BCUT2D eigenvalue weighted by atomic mass is 10.2. The molecule has 1 fully saturated rings. The van der Waals surface area contributed by atoms with Crippen molar-refractivity contribution in [2.75, 3.05) is 13.2 Å². The molecule has 1 aliphatic rings. The number of ether oxygens (including phenoxy) is 1. The summed E-state index contributed by atoms with van der Waals surface area (Å²) in [5, 5.41) is 3.43. The van der Waals surface area contributed by atoms with Crippen molar-refractivity contribution < 1.29 is 4.74 Å². The quantitative estimate of drug-likeness (QED) is 0.917. The molecular weight excluding hydrogens is 238 g/mol. The zero-order chi connectivity index (χ0) is 13.2. The van der Waals surface area contributed by atoms with Gasteiger partial charge in [-0.15, -0.1) is 0 Å². The highest BCUT2D eigenvalue weighted by Crippen LogP contribution is 2.20. The average Bonchev–Trinajstić information content (AvgIpc) is 2.91. The molecule has 1 aromatic carbocycles. The van der Waals surface area contributed by atoms with E-state index in [0.29, 0.717) is 6.04 Å². The average molecular weight is 257 g/mol. The summed E-state index contributed by atoms with van der Waals surface area (Å²) in [6.07, 6.45) is 2.45. The lowest BCUT2D eigenvalue weighted by Crippen LogP contribution is -2.28. The Kier molecular flexibility index (Phi) is 3.34. The summed E-state index contributed by atoms with van der Waals surface area (Å²) in [5.41, 5.74) is 3.79. The Balaban J connectivity index is 1.78. The topological polar surface area (TPSA) is 47.0 Å². The fraction of sp³-hybridized carbons (Fsp3) is 0.467. The minimum Gasteiger partial charge on any atom is -0.492 e. The molecule has 4 nitrogen and oxygen atoms in total. The molecule has 0 bridgehead atoms. The lowest BCUT2D eigenvalue weighted by Gasteiger charge is -2.12. The van der Waals surface area contributed by atoms with Crippen molar-refractivity contribution in [3.8, 4) is 5.75 Å². The van der Waals surface area contributed by atoms with Crippen LogP contribution in [0.5, 0.6) is 5.75 Å². The van der Waals surface area contributed by atoms with Crippen LogP contribution >= 0.6 is 0 Å². The summed E-state index contributed by atoms with van der Waals surface area (Å²) < 4.78 is 5.84. The van der Waals surface area contributed by atoms with Crippen LogP contribution in [-0.4, -0.2) is 29.2 Å². The molecule has 100 valence electrons. The first-order valence-corrected chi connectivity index (χ1v) is 6.83. The Morgan fingerprint density at radius 3 is 2.74 bits per heavy atom. The van der Waals surface area contributed by atoms with Gasteiger partial charge >= 0.3 is 0 Å². The fourth-order valence-corrected chi connectivity index (χ4v) is 2.40. The van der Waals surface area contributed by atoms with E-state index >= 15 is 0 Å². The number of aromatic nitrogens is 2. The van der Waals surface area contributed by atoms with Gasteiger partial charge < -0.3 is 10.1 Å². The second-order valence-corrected chi connectivity index (χ2v) is 5.15. The Labute approximate surface area is 113 Å². The predicted molar refractivity (Wildman–Crippen MR) is 75.5 cm³/mol. The molecule has 1 N–H and O–H groups in total. The smallest absolute Gasteiger partial charge is 0.121 e. The van der Waals surface area contributed by atoms with E-state index in [1.54, 1.807) is 0 Å². The van der Waals surface area contributed by atoms with E-state index in [9.17, 15) is 0 Å². The van der Waals surface area contributed by atoms with Gasteiger partial charge in [0.25, 0.3) is 0 Å². The third-order valence-corrected chi connectivity index (χ3v) is 3.66. The largest absolute Gasteiger partial charge is 0.492 e. The normalized spacial score (nSPS) is 18.9. The number of hydrogen-bond acceptors (Lipinski definition) is 4. The molecule has 2 aromatic rings. The molecule has 0 spiro atoms. The van der Waals surface area contributed by atoms with Crippen LogP contribution in [0.2, 0.25) is 0 Å². The molecule has 0 amide bonds. The van der Waals surface area contributed by atoms with Gasteiger partial charge in [0, 0.05) is 12.1 Å². The van der Waals surface area contributed by atoms with E-state index < -0.39 is 0 Å². The van der Waals surface area contributed by atoms with Gasteiger partial charge in [0.05, 0.1) is 22.4 Å². The van der Waals surface area contributed by atoms with Gasteiger partial charge in [0.2, 0.25) is 0 Å². The molecule has 4 heteroatoms. The number of fused-ring (bicyclic) bond motifs is 1. The summed E-state index contributed by atoms with van der Waals surface area (Å²) in [4.78, 5) is 9.08. The molecule has 0 saturated carbocycles. The summed E-state index contributed by atoms with van der Waals surface area (Å²) in [6.45, 7) is 5.80. The second kappa shape index (κ2) is 5.13. The third-order valence-electron chi connectivity index (χ3n) is 3.66. The van der Waals surface area contributed by atoms with E-state index in [1.807, 2.05) is 32.0 Å². The standard InChI is InChI=1S/C15H19N3O/c1-10-11(2)18-15-8-13(5-6-14(15)17-10)19-9-12-4-3-7-16-12/h5-6,8,12,16H,3-4,7,9H2,1-2H3. The van der Waals surface area contributed by atoms with Gasteiger partial charge in [0.15, 0.2) is 0 Å². The molecule has 1 aromatic heterocycles. The van der Waals surface area contributed by atoms with Crippen LogP contribution in [-0.2, 0) is 0 Å². The van der Waals surface area contributed by atoms with Crippen molar-refractivity contribution in [3.05, 3.63) is 29.6 Å². The molecule has 19 heavy (non-hydrogen) atoms. The van der Waals surface area contributed by atoms with E-state index in [-0.39, 0.29) is 0 Å². The molecule has 1 aliphatic heterocycles. The number of nitrogens with one attached hydrogen (secondary N) is 1. The van der Waals surface area contributed by atoms with E-state index in [4.69, 9.17) is 4.74 Å². The van der Waals surface area contributed by atoms with Crippen LogP contribution in [0.15, 0.2) is 18.2 Å². The zero-order valence-corrected chi connectivity index (χ0v) is 11.4. The van der Waals surface area contributed by atoms with Crippen LogP contribution in [0, 0.1) is 13.8 Å². The number of benzene rings is 1. The van der Waals surface area contributed by atoms with Crippen molar-refractivity contribution in [1.29, 1.82) is 0 Å². The summed E-state index contributed by atoms with van der Waals surface area (Å²) >= 11 is 0. The first-order valence-electron chi connectivity index (χ1n) is 6.83. The van der Waals surface area contributed by atoms with Crippen LogP contribution in [0.4, 0.5) is 0 Å². The first-order chi connectivity index (χ1) is 9.22. The van der Waals surface area contributed by atoms with Gasteiger partial charge in [-0.3, -0.25) is 0 Å². The van der Waals surface area contributed by atoms with Crippen molar-refractivity contribution in [2.24, 2.45) is 0 Å². The second-order valence-electron chi connectivity index (χ2n) is 5.15. The van der Waals surface area contributed by atoms with Crippen molar-refractivity contribution in [2.45, 2.75) is 32.7 Å².